The van der Waals surface area contributed by atoms with Crippen molar-refractivity contribution in [2.45, 2.75) is 32.4 Å². The van der Waals surface area contributed by atoms with Crippen molar-refractivity contribution in [1.29, 1.82) is 0 Å². The van der Waals surface area contributed by atoms with Crippen LogP contribution >= 0.6 is 11.3 Å². The second kappa shape index (κ2) is 9.61. The first kappa shape index (κ1) is 20.8. The number of hydrogen-bond donors (Lipinski definition) is 1. The molecule has 2 aliphatic heterocycles. The molecule has 0 bridgehead atoms. The van der Waals surface area contributed by atoms with Gasteiger partial charge in [0.15, 0.2) is 0 Å². The van der Waals surface area contributed by atoms with Crippen LogP contribution in [0, 0.1) is 0 Å². The summed E-state index contributed by atoms with van der Waals surface area (Å²) in [5, 5.41) is 7.12. The van der Waals surface area contributed by atoms with Crippen LogP contribution in [0.15, 0.2) is 35.7 Å². The van der Waals surface area contributed by atoms with Crippen molar-refractivity contribution in [3.8, 4) is 11.1 Å². The van der Waals surface area contributed by atoms with Crippen molar-refractivity contribution in [3.63, 3.8) is 0 Å². The third-order valence-corrected chi connectivity index (χ3v) is 7.32. The first-order valence-corrected chi connectivity index (χ1v) is 12.3. The molecule has 7 heteroatoms. The lowest BCUT2D eigenvalue weighted by Crippen LogP contribution is -2.36. The molecule has 1 N–H and O–H groups in total. The normalized spacial score (nSPS) is 20.5. The summed E-state index contributed by atoms with van der Waals surface area (Å²) in [7, 11) is 0. The van der Waals surface area contributed by atoms with Crippen molar-refractivity contribution in [2.75, 3.05) is 51.3 Å². The lowest BCUT2D eigenvalue weighted by molar-refractivity contribution is 0.0331. The van der Waals surface area contributed by atoms with Gasteiger partial charge in [-0.15, -0.1) is 11.3 Å². The summed E-state index contributed by atoms with van der Waals surface area (Å²) in [6.07, 6.45) is 2.54. The van der Waals surface area contributed by atoms with E-state index in [1.54, 1.807) is 11.3 Å². The molecule has 0 spiro atoms. The Hall–Kier alpha value is -2.06. The molecule has 1 unspecified atom stereocenters. The van der Waals surface area contributed by atoms with E-state index in [1.807, 2.05) is 0 Å². The van der Waals surface area contributed by atoms with Gasteiger partial charge in [-0.25, -0.2) is 9.97 Å². The Morgan fingerprint density at radius 1 is 1.13 bits per heavy atom. The Labute approximate surface area is 188 Å². The molecule has 1 atom stereocenters. The molecule has 2 aliphatic rings. The van der Waals surface area contributed by atoms with Crippen LogP contribution in [0.4, 0.5) is 5.82 Å². The maximum absolute atomic E-state index is 5.50. The fourth-order valence-corrected chi connectivity index (χ4v) is 5.70. The topological polar surface area (TPSA) is 53.5 Å². The number of morpholine rings is 1. The van der Waals surface area contributed by atoms with Crippen LogP contribution < -0.4 is 5.32 Å². The number of nitrogens with zero attached hydrogens (tertiary/aromatic N) is 4. The molecule has 1 aromatic carbocycles. The van der Waals surface area contributed by atoms with Gasteiger partial charge in [-0.2, -0.15) is 0 Å². The SMILES string of the molecule is CCN1CCCC1CNc1nc(CN2CCOCC2)nc2scc(-c3ccccc3)c12. The lowest BCUT2D eigenvalue weighted by Gasteiger charge is -2.26. The second-order valence-corrected chi connectivity index (χ2v) is 9.24. The van der Waals surface area contributed by atoms with Crippen molar-refractivity contribution < 1.29 is 4.74 Å². The van der Waals surface area contributed by atoms with Crippen LogP contribution in [0.5, 0.6) is 0 Å². The van der Waals surface area contributed by atoms with Crippen LogP contribution in [0.1, 0.15) is 25.6 Å². The largest absolute Gasteiger partial charge is 0.379 e. The first-order chi connectivity index (χ1) is 15.3. The summed E-state index contributed by atoms with van der Waals surface area (Å²) >= 11 is 1.72. The summed E-state index contributed by atoms with van der Waals surface area (Å²) in [4.78, 5) is 16.0. The number of ether oxygens (including phenoxy) is 1. The summed E-state index contributed by atoms with van der Waals surface area (Å²) in [6.45, 7) is 9.75. The number of likely N-dealkylation sites (N-methyl/N-ethyl adjacent to an activating group) is 1. The Balaban J connectivity index is 1.48. The van der Waals surface area contributed by atoms with E-state index in [0.717, 1.165) is 67.8 Å². The van der Waals surface area contributed by atoms with Crippen molar-refractivity contribution in [2.24, 2.45) is 0 Å². The van der Waals surface area contributed by atoms with Gasteiger partial charge in [-0.3, -0.25) is 9.80 Å². The number of nitrogens with one attached hydrogen (secondary N) is 1. The van der Waals surface area contributed by atoms with E-state index in [1.165, 1.54) is 30.5 Å². The maximum atomic E-state index is 5.50. The molecule has 2 saturated heterocycles. The van der Waals surface area contributed by atoms with E-state index in [9.17, 15) is 0 Å². The van der Waals surface area contributed by atoms with Crippen LogP contribution in [-0.4, -0.2) is 71.7 Å². The molecule has 2 fully saturated rings. The summed E-state index contributed by atoms with van der Waals surface area (Å²) in [5.74, 6) is 1.88. The number of likely N-dealkylation sites (tertiary alicyclic amines) is 1. The number of rotatable bonds is 7. The van der Waals surface area contributed by atoms with E-state index in [2.05, 4.69) is 57.8 Å². The van der Waals surface area contributed by atoms with Crippen LogP contribution in [0.2, 0.25) is 0 Å². The molecule has 0 radical (unpaired) electrons. The first-order valence-electron chi connectivity index (χ1n) is 11.4. The second-order valence-electron chi connectivity index (χ2n) is 8.38. The van der Waals surface area contributed by atoms with Gasteiger partial charge in [-0.1, -0.05) is 37.3 Å². The smallest absolute Gasteiger partial charge is 0.146 e. The van der Waals surface area contributed by atoms with Gasteiger partial charge in [-0.05, 0) is 31.5 Å². The predicted octanol–water partition coefficient (Wildman–Crippen LogP) is 4.09. The predicted molar refractivity (Wildman–Crippen MR) is 128 cm³/mol. The maximum Gasteiger partial charge on any atom is 0.146 e. The van der Waals surface area contributed by atoms with Gasteiger partial charge < -0.3 is 10.1 Å². The number of hydrogen-bond acceptors (Lipinski definition) is 7. The Bertz CT molecular complexity index is 1000. The number of aromatic nitrogens is 2. The summed E-state index contributed by atoms with van der Waals surface area (Å²) in [5.41, 5.74) is 2.44. The molecular formula is C24H31N5OS. The minimum atomic E-state index is 0.580. The van der Waals surface area contributed by atoms with E-state index in [0.29, 0.717) is 6.04 Å². The fraction of sp³-hybridized carbons (Fsp3) is 0.500. The fourth-order valence-electron chi connectivity index (χ4n) is 4.73. The molecule has 0 aliphatic carbocycles. The minimum absolute atomic E-state index is 0.580. The molecule has 0 amide bonds. The van der Waals surface area contributed by atoms with Crippen LogP contribution in [0.25, 0.3) is 21.3 Å². The van der Waals surface area contributed by atoms with Crippen molar-refractivity contribution >= 4 is 27.4 Å². The number of benzene rings is 1. The highest BCUT2D eigenvalue weighted by Gasteiger charge is 2.24. The monoisotopic (exact) mass is 437 g/mol. The van der Waals surface area contributed by atoms with Gasteiger partial charge in [0, 0.05) is 36.6 Å². The molecule has 0 saturated carbocycles. The highest BCUT2D eigenvalue weighted by molar-refractivity contribution is 7.17. The molecule has 5 rings (SSSR count). The summed E-state index contributed by atoms with van der Waals surface area (Å²) in [6, 6.07) is 11.2. The zero-order valence-corrected chi connectivity index (χ0v) is 19.0. The molecule has 3 aromatic rings. The van der Waals surface area contributed by atoms with Gasteiger partial charge >= 0.3 is 0 Å². The van der Waals surface area contributed by atoms with Crippen LogP contribution in [-0.2, 0) is 11.3 Å². The zero-order valence-electron chi connectivity index (χ0n) is 18.2. The highest BCUT2D eigenvalue weighted by atomic mass is 32.1. The Morgan fingerprint density at radius 3 is 2.77 bits per heavy atom. The zero-order chi connectivity index (χ0) is 21.0. The number of thiophene rings is 1. The standard InChI is InChI=1S/C24H31N5OS/c1-2-29-10-6-9-19(29)15-25-23-22-20(18-7-4-3-5-8-18)17-31-24(22)27-21(26-23)16-28-11-13-30-14-12-28/h3-5,7-8,17,19H,2,6,9-16H2,1H3,(H,25,26,27). The minimum Gasteiger partial charge on any atom is -0.379 e. The van der Waals surface area contributed by atoms with E-state index < -0.39 is 0 Å². The molecule has 4 heterocycles. The van der Waals surface area contributed by atoms with Gasteiger partial charge in [0.2, 0.25) is 0 Å². The van der Waals surface area contributed by atoms with Crippen molar-refractivity contribution in [3.05, 3.63) is 41.5 Å². The molecule has 6 nitrogen and oxygen atoms in total. The molecule has 2 aromatic heterocycles. The van der Waals surface area contributed by atoms with Crippen molar-refractivity contribution in [1.82, 2.24) is 19.8 Å². The Kier molecular flexibility index (Phi) is 6.45. The van der Waals surface area contributed by atoms with Gasteiger partial charge in [0.25, 0.3) is 0 Å². The third kappa shape index (κ3) is 4.60. The van der Waals surface area contributed by atoms with Crippen LogP contribution in [0.3, 0.4) is 0 Å². The lowest BCUT2D eigenvalue weighted by atomic mass is 10.1. The molecule has 31 heavy (non-hydrogen) atoms. The molecule has 164 valence electrons. The van der Waals surface area contributed by atoms with E-state index in [4.69, 9.17) is 14.7 Å². The number of fused-ring (bicyclic) bond motifs is 1. The average Bonchev–Trinajstić information content (AvgIpc) is 3.45. The van der Waals surface area contributed by atoms with E-state index >= 15 is 0 Å². The van der Waals surface area contributed by atoms with E-state index in [-0.39, 0.29) is 0 Å². The number of anilines is 1. The Morgan fingerprint density at radius 2 is 1.97 bits per heavy atom. The summed E-state index contributed by atoms with van der Waals surface area (Å²) < 4.78 is 5.50. The van der Waals surface area contributed by atoms with Gasteiger partial charge in [0.1, 0.15) is 16.5 Å². The average molecular weight is 438 g/mol. The quantitative estimate of drug-likeness (QED) is 0.601. The third-order valence-electron chi connectivity index (χ3n) is 6.44. The highest BCUT2D eigenvalue weighted by Crippen LogP contribution is 2.37. The van der Waals surface area contributed by atoms with Gasteiger partial charge in [0.05, 0.1) is 25.1 Å². The molecular weight excluding hydrogens is 406 g/mol.